The van der Waals surface area contributed by atoms with Crippen LogP contribution in [0.25, 0.3) is 22.6 Å². The highest BCUT2D eigenvalue weighted by atomic mass is 15.2. The van der Waals surface area contributed by atoms with Crippen LogP contribution in [0, 0.1) is 0 Å². The molecule has 3 aromatic rings. The van der Waals surface area contributed by atoms with Crippen LogP contribution >= 0.6 is 0 Å². The summed E-state index contributed by atoms with van der Waals surface area (Å²) in [7, 11) is 0. The van der Waals surface area contributed by atoms with Crippen molar-refractivity contribution in [2.75, 3.05) is 13.1 Å². The predicted molar refractivity (Wildman–Crippen MR) is 114 cm³/mol. The number of hydrogen-bond donors (Lipinski definition) is 0. The van der Waals surface area contributed by atoms with E-state index in [1.807, 2.05) is 18.3 Å². The number of fused-ring (bicyclic) bond motifs is 1. The van der Waals surface area contributed by atoms with Crippen molar-refractivity contribution in [2.45, 2.75) is 38.6 Å². The molecule has 0 amide bonds. The lowest BCUT2D eigenvalue weighted by Crippen LogP contribution is -2.29. The van der Waals surface area contributed by atoms with E-state index in [0.717, 1.165) is 36.4 Å². The topological polar surface area (TPSA) is 33.4 Å². The van der Waals surface area contributed by atoms with Gasteiger partial charge in [0, 0.05) is 18.9 Å². The maximum atomic E-state index is 4.97. The summed E-state index contributed by atoms with van der Waals surface area (Å²) in [6.07, 6.45) is 17.1. The molecule has 0 radical (unpaired) electrons. The van der Waals surface area contributed by atoms with Crippen molar-refractivity contribution in [3.05, 3.63) is 72.2 Å². The van der Waals surface area contributed by atoms with Gasteiger partial charge in [0.15, 0.2) is 0 Å². The van der Waals surface area contributed by atoms with Crippen LogP contribution in [0.15, 0.2) is 61.0 Å². The molecule has 0 N–H and O–H groups in total. The summed E-state index contributed by atoms with van der Waals surface area (Å²) >= 11 is 0. The minimum atomic E-state index is 0.922. The number of aromatic nitrogens is 3. The number of imidazole rings is 1. The Morgan fingerprint density at radius 3 is 2.68 bits per heavy atom. The molecule has 1 aliphatic heterocycles. The van der Waals surface area contributed by atoms with E-state index in [9.17, 15) is 0 Å². The molecule has 142 valence electrons. The number of piperidine rings is 1. The second-order valence-electron chi connectivity index (χ2n) is 7.74. The minimum absolute atomic E-state index is 0.922. The molecule has 0 aromatic carbocycles. The first-order valence-corrected chi connectivity index (χ1v) is 10.4. The molecule has 1 fully saturated rings. The summed E-state index contributed by atoms with van der Waals surface area (Å²) in [5.74, 6) is 0. The molecule has 5 rings (SSSR count). The molecule has 2 aliphatic rings. The van der Waals surface area contributed by atoms with Crippen LogP contribution in [0.4, 0.5) is 0 Å². The number of rotatable bonds is 4. The van der Waals surface area contributed by atoms with Gasteiger partial charge in [-0.2, -0.15) is 0 Å². The fraction of sp³-hybridized carbons (Fsp3) is 0.333. The Bertz CT molecular complexity index is 1020. The summed E-state index contributed by atoms with van der Waals surface area (Å²) in [6, 6.07) is 10.4. The minimum Gasteiger partial charge on any atom is -0.301 e. The van der Waals surface area contributed by atoms with Crippen LogP contribution in [-0.4, -0.2) is 32.4 Å². The number of pyridine rings is 2. The van der Waals surface area contributed by atoms with Gasteiger partial charge in [0.2, 0.25) is 0 Å². The molecule has 0 bridgehead atoms. The van der Waals surface area contributed by atoms with Crippen molar-refractivity contribution in [1.29, 1.82) is 0 Å². The largest absolute Gasteiger partial charge is 0.301 e. The average Bonchev–Trinajstić information content (AvgIpc) is 3.13. The van der Waals surface area contributed by atoms with Crippen LogP contribution in [0.5, 0.6) is 0 Å². The Morgan fingerprint density at radius 2 is 1.89 bits per heavy atom. The third-order valence-corrected chi connectivity index (χ3v) is 5.78. The van der Waals surface area contributed by atoms with Gasteiger partial charge in [0.05, 0.1) is 11.4 Å². The molecule has 28 heavy (non-hydrogen) atoms. The van der Waals surface area contributed by atoms with Crippen LogP contribution in [0.3, 0.4) is 0 Å². The van der Waals surface area contributed by atoms with E-state index in [-0.39, 0.29) is 0 Å². The molecule has 4 nitrogen and oxygen atoms in total. The number of likely N-dealkylation sites (tertiary alicyclic amines) is 1. The molecule has 4 heteroatoms. The zero-order chi connectivity index (χ0) is 18.8. The second-order valence-corrected chi connectivity index (χ2v) is 7.74. The molecular weight excluding hydrogens is 344 g/mol. The lowest BCUT2D eigenvalue weighted by Gasteiger charge is -2.26. The van der Waals surface area contributed by atoms with Gasteiger partial charge in [0.1, 0.15) is 11.3 Å². The van der Waals surface area contributed by atoms with Crippen molar-refractivity contribution in [1.82, 2.24) is 19.3 Å². The van der Waals surface area contributed by atoms with E-state index in [1.54, 1.807) is 0 Å². The Morgan fingerprint density at radius 1 is 0.964 bits per heavy atom. The van der Waals surface area contributed by atoms with Crippen molar-refractivity contribution in [3.8, 4) is 11.4 Å². The zero-order valence-electron chi connectivity index (χ0n) is 16.2. The van der Waals surface area contributed by atoms with Crippen LogP contribution in [0.1, 0.15) is 43.4 Å². The monoisotopic (exact) mass is 370 g/mol. The van der Waals surface area contributed by atoms with E-state index in [0.29, 0.717) is 0 Å². The normalized spacial score (nSPS) is 17.8. The van der Waals surface area contributed by atoms with Crippen molar-refractivity contribution < 1.29 is 0 Å². The standard InChI is InChI=1S/C24H26N4/c1-3-9-19(10-4-1)20-12-13-23-26-24(21-11-5-6-14-25-21)22(28(23)17-20)18-27-15-7-2-8-16-27/h3,5-6,9-14,17H,1-2,4,7-8,15-16,18H2. The maximum Gasteiger partial charge on any atom is 0.137 e. The average molecular weight is 371 g/mol. The van der Waals surface area contributed by atoms with Crippen LogP contribution in [0.2, 0.25) is 0 Å². The first kappa shape index (κ1) is 17.4. The summed E-state index contributed by atoms with van der Waals surface area (Å²) in [6.45, 7) is 3.26. The lowest BCUT2D eigenvalue weighted by molar-refractivity contribution is 0.218. The van der Waals surface area contributed by atoms with E-state index >= 15 is 0 Å². The second kappa shape index (κ2) is 7.72. The van der Waals surface area contributed by atoms with Crippen LogP contribution < -0.4 is 0 Å². The third kappa shape index (κ3) is 3.40. The van der Waals surface area contributed by atoms with Gasteiger partial charge in [-0.1, -0.05) is 30.7 Å². The summed E-state index contributed by atoms with van der Waals surface area (Å²) in [5, 5.41) is 0. The zero-order valence-corrected chi connectivity index (χ0v) is 16.2. The van der Waals surface area contributed by atoms with E-state index in [1.165, 1.54) is 49.2 Å². The van der Waals surface area contributed by atoms with Crippen molar-refractivity contribution in [3.63, 3.8) is 0 Å². The SMILES string of the molecule is C1=CC(c2ccc3nc(-c4ccccn4)c(CN4CCCCC4)n3c2)=CCC1. The molecule has 4 heterocycles. The molecule has 0 atom stereocenters. The number of nitrogens with zero attached hydrogens (tertiary/aromatic N) is 4. The molecule has 1 saturated heterocycles. The highest BCUT2D eigenvalue weighted by Crippen LogP contribution is 2.28. The van der Waals surface area contributed by atoms with Gasteiger partial charge in [0.25, 0.3) is 0 Å². The molecular formula is C24H26N4. The fourth-order valence-electron chi connectivity index (χ4n) is 4.28. The van der Waals surface area contributed by atoms with Crippen molar-refractivity contribution in [2.24, 2.45) is 0 Å². The number of allylic oxidation sites excluding steroid dienone is 4. The van der Waals surface area contributed by atoms with Crippen LogP contribution in [-0.2, 0) is 6.54 Å². The van der Waals surface area contributed by atoms with Gasteiger partial charge >= 0.3 is 0 Å². The maximum absolute atomic E-state index is 4.97. The third-order valence-electron chi connectivity index (χ3n) is 5.78. The summed E-state index contributed by atoms with van der Waals surface area (Å²) < 4.78 is 2.29. The summed E-state index contributed by atoms with van der Waals surface area (Å²) in [4.78, 5) is 12.1. The molecule has 0 saturated carbocycles. The fourth-order valence-corrected chi connectivity index (χ4v) is 4.28. The molecule has 3 aromatic heterocycles. The highest BCUT2D eigenvalue weighted by molar-refractivity contribution is 5.75. The van der Waals surface area contributed by atoms with Crippen molar-refractivity contribution >= 4 is 11.2 Å². The molecule has 0 unspecified atom stereocenters. The van der Waals surface area contributed by atoms with Gasteiger partial charge in [-0.25, -0.2) is 4.98 Å². The molecule has 1 aliphatic carbocycles. The lowest BCUT2D eigenvalue weighted by atomic mass is 10.0. The quantitative estimate of drug-likeness (QED) is 0.639. The van der Waals surface area contributed by atoms with E-state index < -0.39 is 0 Å². The van der Waals surface area contributed by atoms with Gasteiger partial charge in [-0.3, -0.25) is 9.88 Å². The Balaban J connectivity index is 1.62. The smallest absolute Gasteiger partial charge is 0.137 e. The van der Waals surface area contributed by atoms with Gasteiger partial charge in [-0.15, -0.1) is 0 Å². The van der Waals surface area contributed by atoms with Gasteiger partial charge < -0.3 is 4.40 Å². The first-order valence-electron chi connectivity index (χ1n) is 10.4. The summed E-state index contributed by atoms with van der Waals surface area (Å²) in [5.41, 5.74) is 6.78. The Labute approximate surface area is 166 Å². The number of hydrogen-bond acceptors (Lipinski definition) is 3. The van der Waals surface area contributed by atoms with Gasteiger partial charge in [-0.05, 0) is 74.2 Å². The highest BCUT2D eigenvalue weighted by Gasteiger charge is 2.19. The van der Waals surface area contributed by atoms with E-state index in [4.69, 9.17) is 4.98 Å². The van der Waals surface area contributed by atoms with E-state index in [2.05, 4.69) is 56.9 Å². The Kier molecular flexibility index (Phi) is 4.79. The Hall–Kier alpha value is -2.72. The first-order chi connectivity index (χ1) is 13.9. The molecule has 0 spiro atoms. The predicted octanol–water partition coefficient (Wildman–Crippen LogP) is 5.12.